The zero-order valence-corrected chi connectivity index (χ0v) is 16.6. The second-order valence-corrected chi connectivity index (χ2v) is 7.35. The monoisotopic (exact) mass is 401 g/mol. The molecule has 1 aliphatic heterocycles. The van der Waals surface area contributed by atoms with Crippen LogP contribution in [0.4, 0.5) is 0 Å². The molecule has 0 amide bonds. The van der Waals surface area contributed by atoms with E-state index in [1.807, 2.05) is 0 Å². The van der Waals surface area contributed by atoms with Gasteiger partial charge in [-0.3, -0.25) is 19.4 Å². The van der Waals surface area contributed by atoms with Gasteiger partial charge in [-0.1, -0.05) is 19.1 Å². The van der Waals surface area contributed by atoms with Crippen LogP contribution < -0.4 is 9.47 Å². The second-order valence-electron chi connectivity index (χ2n) is 7.35. The van der Waals surface area contributed by atoms with E-state index in [2.05, 4.69) is 4.99 Å². The maximum Gasteiger partial charge on any atom is 0.314 e. The maximum absolute atomic E-state index is 13.3. The SMILES string of the molecule is COc1cccc(C2C3=C(CC(C)C(C(=O)O)C3=O)N=C(C)C2C(=O)O)c1OC. The lowest BCUT2D eigenvalue weighted by Gasteiger charge is -2.37. The van der Waals surface area contributed by atoms with Crippen molar-refractivity contribution in [1.82, 2.24) is 0 Å². The number of Topliss-reactive ketones (excluding diaryl/α,β-unsaturated/α-hetero) is 1. The molecule has 0 saturated heterocycles. The highest BCUT2D eigenvalue weighted by Crippen LogP contribution is 2.49. The first kappa shape index (κ1) is 20.6. The van der Waals surface area contributed by atoms with Gasteiger partial charge < -0.3 is 19.7 Å². The van der Waals surface area contributed by atoms with Crippen LogP contribution in [0.1, 0.15) is 31.7 Å². The lowest BCUT2D eigenvalue weighted by atomic mass is 9.67. The van der Waals surface area contributed by atoms with Crippen LogP contribution in [0.25, 0.3) is 0 Å². The molecule has 0 fully saturated rings. The lowest BCUT2D eigenvalue weighted by molar-refractivity contribution is -0.147. The van der Waals surface area contributed by atoms with Crippen LogP contribution in [0.5, 0.6) is 11.5 Å². The number of aliphatic imine (C=N–C) groups is 1. The quantitative estimate of drug-likeness (QED) is 0.727. The summed E-state index contributed by atoms with van der Waals surface area (Å²) < 4.78 is 10.8. The van der Waals surface area contributed by atoms with Crippen molar-refractivity contribution in [3.05, 3.63) is 35.0 Å². The molecule has 1 aliphatic carbocycles. The number of hydrogen-bond donors (Lipinski definition) is 2. The third kappa shape index (κ3) is 3.28. The number of carbonyl (C=O) groups is 3. The molecule has 0 aromatic heterocycles. The van der Waals surface area contributed by atoms with Gasteiger partial charge in [-0.05, 0) is 25.3 Å². The molecule has 4 atom stereocenters. The van der Waals surface area contributed by atoms with Crippen molar-refractivity contribution in [2.75, 3.05) is 14.2 Å². The van der Waals surface area contributed by atoms with Crippen molar-refractivity contribution in [2.45, 2.75) is 26.2 Å². The van der Waals surface area contributed by atoms with Crippen molar-refractivity contribution >= 4 is 23.4 Å². The van der Waals surface area contributed by atoms with Crippen LogP contribution in [0, 0.1) is 17.8 Å². The molecule has 3 rings (SSSR count). The Morgan fingerprint density at radius 3 is 2.31 bits per heavy atom. The molecule has 2 aliphatic rings. The largest absolute Gasteiger partial charge is 0.493 e. The molecule has 0 bridgehead atoms. The van der Waals surface area contributed by atoms with Crippen molar-refractivity contribution in [1.29, 1.82) is 0 Å². The third-order valence-electron chi connectivity index (χ3n) is 5.65. The predicted octanol–water partition coefficient (Wildman–Crippen LogP) is 2.53. The summed E-state index contributed by atoms with van der Waals surface area (Å²) in [6.45, 7) is 3.30. The first-order chi connectivity index (χ1) is 13.7. The van der Waals surface area contributed by atoms with Crippen LogP contribution in [0.2, 0.25) is 0 Å². The molecule has 1 aromatic rings. The fourth-order valence-electron chi connectivity index (χ4n) is 4.40. The predicted molar refractivity (Wildman–Crippen MR) is 103 cm³/mol. The van der Waals surface area contributed by atoms with Crippen LogP contribution >= 0.6 is 0 Å². The van der Waals surface area contributed by atoms with E-state index in [-0.39, 0.29) is 12.0 Å². The van der Waals surface area contributed by atoms with Crippen LogP contribution in [0.15, 0.2) is 34.5 Å². The number of benzene rings is 1. The first-order valence-electron chi connectivity index (χ1n) is 9.21. The number of carboxylic acid groups (broad SMARTS) is 2. The number of ketones is 1. The van der Waals surface area contributed by atoms with E-state index in [9.17, 15) is 24.6 Å². The molecule has 1 heterocycles. The number of rotatable bonds is 5. The summed E-state index contributed by atoms with van der Waals surface area (Å²) in [5.74, 6) is -5.99. The summed E-state index contributed by atoms with van der Waals surface area (Å²) in [7, 11) is 2.89. The normalized spacial score (nSPS) is 26.5. The third-order valence-corrected chi connectivity index (χ3v) is 5.65. The minimum absolute atomic E-state index is 0.139. The number of carbonyl (C=O) groups excluding carboxylic acids is 1. The standard InChI is InChI=1S/C21H23NO7/c1-9-8-12-17(18(23)14(9)20(24)25)16(15(21(26)27)10(2)22-12)11-6-5-7-13(28-3)19(11)29-4/h5-7,9,14-16H,8H2,1-4H3,(H,24,25)(H,26,27). The Morgan fingerprint density at radius 2 is 1.76 bits per heavy atom. The first-order valence-corrected chi connectivity index (χ1v) is 9.21. The van der Waals surface area contributed by atoms with E-state index < -0.39 is 41.4 Å². The molecular formula is C21H23NO7. The number of ether oxygens (including phenoxy) is 2. The summed E-state index contributed by atoms with van der Waals surface area (Å²) in [6, 6.07) is 5.02. The Hall–Kier alpha value is -3.16. The summed E-state index contributed by atoms with van der Waals surface area (Å²) >= 11 is 0. The summed E-state index contributed by atoms with van der Waals surface area (Å²) in [5, 5.41) is 19.5. The fraction of sp³-hybridized carbons (Fsp3) is 0.429. The van der Waals surface area contributed by atoms with Crippen molar-refractivity contribution in [3.8, 4) is 11.5 Å². The van der Waals surface area contributed by atoms with Gasteiger partial charge in [0.2, 0.25) is 0 Å². The molecule has 154 valence electrons. The fourth-order valence-corrected chi connectivity index (χ4v) is 4.40. The average molecular weight is 401 g/mol. The minimum Gasteiger partial charge on any atom is -0.493 e. The topological polar surface area (TPSA) is 122 Å². The van der Waals surface area contributed by atoms with Gasteiger partial charge in [0, 0.05) is 28.5 Å². The minimum atomic E-state index is -1.24. The molecule has 0 radical (unpaired) electrons. The maximum atomic E-state index is 13.3. The number of carboxylic acids is 2. The Morgan fingerprint density at radius 1 is 1.10 bits per heavy atom. The van der Waals surface area contributed by atoms with Gasteiger partial charge in [0.25, 0.3) is 0 Å². The Labute approximate surface area is 167 Å². The van der Waals surface area contributed by atoms with Gasteiger partial charge in [0.1, 0.15) is 11.8 Å². The molecule has 4 unspecified atom stereocenters. The average Bonchev–Trinajstić information content (AvgIpc) is 2.65. The van der Waals surface area contributed by atoms with Gasteiger partial charge >= 0.3 is 11.9 Å². The molecule has 0 spiro atoms. The summed E-state index contributed by atoms with van der Waals surface area (Å²) in [5.41, 5.74) is 1.40. The van der Waals surface area contributed by atoms with Crippen LogP contribution in [-0.4, -0.2) is 47.9 Å². The number of para-hydroxylation sites is 1. The van der Waals surface area contributed by atoms with Crippen molar-refractivity contribution in [3.63, 3.8) is 0 Å². The Balaban J connectivity index is 2.30. The van der Waals surface area contributed by atoms with Crippen molar-refractivity contribution in [2.24, 2.45) is 22.7 Å². The van der Waals surface area contributed by atoms with Crippen LogP contribution in [-0.2, 0) is 14.4 Å². The summed E-state index contributed by atoms with van der Waals surface area (Å²) in [6.07, 6.45) is 0.282. The molecule has 2 N–H and O–H groups in total. The molecule has 1 aromatic carbocycles. The highest BCUT2D eigenvalue weighted by molar-refractivity contribution is 6.14. The Bertz CT molecular complexity index is 946. The molecule has 0 saturated carbocycles. The number of hydrogen-bond acceptors (Lipinski definition) is 6. The molecular weight excluding hydrogens is 378 g/mol. The van der Waals surface area contributed by atoms with E-state index in [1.165, 1.54) is 14.2 Å². The lowest BCUT2D eigenvalue weighted by Crippen LogP contribution is -2.42. The van der Waals surface area contributed by atoms with E-state index in [0.717, 1.165) is 0 Å². The molecule has 8 nitrogen and oxygen atoms in total. The van der Waals surface area contributed by atoms with Gasteiger partial charge in [-0.2, -0.15) is 0 Å². The van der Waals surface area contributed by atoms with Crippen molar-refractivity contribution < 1.29 is 34.1 Å². The van der Waals surface area contributed by atoms with Gasteiger partial charge in [-0.15, -0.1) is 0 Å². The highest BCUT2D eigenvalue weighted by Gasteiger charge is 2.49. The number of nitrogens with zero attached hydrogens (tertiary/aromatic N) is 1. The van der Waals surface area contributed by atoms with Gasteiger partial charge in [0.15, 0.2) is 17.3 Å². The van der Waals surface area contributed by atoms with E-state index >= 15 is 0 Å². The van der Waals surface area contributed by atoms with Gasteiger partial charge in [-0.25, -0.2) is 0 Å². The zero-order valence-electron chi connectivity index (χ0n) is 16.6. The number of methoxy groups -OCH3 is 2. The zero-order chi connectivity index (χ0) is 21.5. The number of allylic oxidation sites excluding steroid dienone is 2. The highest BCUT2D eigenvalue weighted by atomic mass is 16.5. The second kappa shape index (κ2) is 7.69. The number of aliphatic carboxylic acids is 2. The Kier molecular flexibility index (Phi) is 5.46. The smallest absolute Gasteiger partial charge is 0.314 e. The van der Waals surface area contributed by atoms with E-state index in [0.29, 0.717) is 28.5 Å². The van der Waals surface area contributed by atoms with Crippen LogP contribution in [0.3, 0.4) is 0 Å². The summed E-state index contributed by atoms with van der Waals surface area (Å²) in [4.78, 5) is 41.6. The molecule has 8 heteroatoms. The van der Waals surface area contributed by atoms with E-state index in [1.54, 1.807) is 32.0 Å². The van der Waals surface area contributed by atoms with Gasteiger partial charge in [0.05, 0.1) is 14.2 Å². The van der Waals surface area contributed by atoms with E-state index in [4.69, 9.17) is 9.47 Å². The molecule has 29 heavy (non-hydrogen) atoms.